The Kier molecular flexibility index (Phi) is 12.7. The highest BCUT2D eigenvalue weighted by atomic mass is 16.3. The third kappa shape index (κ3) is 9.72. The molecule has 0 aliphatic heterocycles. The molecule has 0 fully saturated rings. The Bertz CT molecular complexity index is 403. The summed E-state index contributed by atoms with van der Waals surface area (Å²) in [5.74, 6) is 2.37. The summed E-state index contributed by atoms with van der Waals surface area (Å²) in [5, 5.41) is 10.6. The Balaban J connectivity index is 2.65. The van der Waals surface area contributed by atoms with E-state index in [1.54, 1.807) is 6.20 Å². The zero-order valence-electron chi connectivity index (χ0n) is 17.7. The van der Waals surface area contributed by atoms with Gasteiger partial charge >= 0.3 is 0 Å². The molecule has 3 atom stereocenters. The van der Waals surface area contributed by atoms with Crippen LogP contribution in [0, 0.1) is 11.8 Å². The summed E-state index contributed by atoms with van der Waals surface area (Å²) in [5.41, 5.74) is 0. The van der Waals surface area contributed by atoms with Crippen molar-refractivity contribution in [1.82, 2.24) is 14.9 Å². The van der Waals surface area contributed by atoms with Crippen LogP contribution in [0.2, 0.25) is 0 Å². The monoisotopic (exact) mass is 365 g/mol. The van der Waals surface area contributed by atoms with E-state index >= 15 is 0 Å². The van der Waals surface area contributed by atoms with Crippen LogP contribution >= 0.6 is 0 Å². The predicted molar refractivity (Wildman–Crippen MR) is 111 cm³/mol. The highest BCUT2D eigenvalue weighted by molar-refractivity contribution is 4.90. The molecule has 26 heavy (non-hydrogen) atoms. The fraction of sp³-hybridized carbons (Fsp3) is 0.864. The number of hydrogen-bond donors (Lipinski definition) is 2. The van der Waals surface area contributed by atoms with Gasteiger partial charge in [-0.1, -0.05) is 66.2 Å². The summed E-state index contributed by atoms with van der Waals surface area (Å²) in [6.45, 7) is 12.2. The van der Waals surface area contributed by atoms with Crippen LogP contribution in [0.4, 0.5) is 0 Å². The normalized spacial score (nSPS) is 15.3. The van der Waals surface area contributed by atoms with E-state index in [0.29, 0.717) is 6.42 Å². The summed E-state index contributed by atoms with van der Waals surface area (Å²) in [7, 11) is 0. The van der Waals surface area contributed by atoms with Crippen molar-refractivity contribution in [3.05, 3.63) is 18.2 Å². The molecule has 2 N–H and O–H groups in total. The molecular formula is C22H43N3O. The van der Waals surface area contributed by atoms with E-state index < -0.39 is 0 Å². The molecular weight excluding hydrogens is 322 g/mol. The first-order chi connectivity index (χ1) is 12.6. The number of aromatic nitrogens is 2. The van der Waals surface area contributed by atoms with Gasteiger partial charge in [-0.3, -0.25) is 0 Å². The standard InChI is InChI=1S/C22H43N3O/c1-5-9-11-19(7-3)16-25(17-20(8-4)12-10-6-2)18-21(26)15-22-23-13-14-24-22/h13-14,19-21,26H,5-12,15-18H2,1-4H3,(H,23,24). The summed E-state index contributed by atoms with van der Waals surface area (Å²) in [6.07, 6.45) is 14.1. The van der Waals surface area contributed by atoms with E-state index in [2.05, 4.69) is 42.6 Å². The van der Waals surface area contributed by atoms with Gasteiger partial charge in [0.2, 0.25) is 0 Å². The Morgan fingerprint density at radius 2 is 1.54 bits per heavy atom. The highest BCUT2D eigenvalue weighted by Gasteiger charge is 2.20. The van der Waals surface area contributed by atoms with E-state index in [9.17, 15) is 5.11 Å². The van der Waals surface area contributed by atoms with Crippen molar-refractivity contribution < 1.29 is 5.11 Å². The highest BCUT2D eigenvalue weighted by Crippen LogP contribution is 2.19. The number of unbranched alkanes of at least 4 members (excludes halogenated alkanes) is 2. The molecule has 0 saturated heterocycles. The minimum Gasteiger partial charge on any atom is -0.391 e. The van der Waals surface area contributed by atoms with Gasteiger partial charge in [-0.05, 0) is 24.7 Å². The van der Waals surface area contributed by atoms with Gasteiger partial charge in [0.05, 0.1) is 6.10 Å². The van der Waals surface area contributed by atoms with E-state index in [1.807, 2.05) is 6.20 Å². The van der Waals surface area contributed by atoms with E-state index in [1.165, 1.54) is 51.4 Å². The molecule has 1 aromatic rings. The fourth-order valence-electron chi connectivity index (χ4n) is 3.78. The summed E-state index contributed by atoms with van der Waals surface area (Å²) in [4.78, 5) is 9.92. The molecule has 0 amide bonds. The number of aromatic amines is 1. The molecule has 3 unspecified atom stereocenters. The molecule has 0 radical (unpaired) electrons. The van der Waals surface area contributed by atoms with Gasteiger partial charge in [-0.2, -0.15) is 0 Å². The number of rotatable bonds is 16. The van der Waals surface area contributed by atoms with Crippen LogP contribution in [0.3, 0.4) is 0 Å². The summed E-state index contributed by atoms with van der Waals surface area (Å²) >= 11 is 0. The molecule has 0 spiro atoms. The molecule has 0 bridgehead atoms. The maximum atomic E-state index is 10.6. The van der Waals surface area contributed by atoms with Crippen LogP contribution in [0.25, 0.3) is 0 Å². The smallest absolute Gasteiger partial charge is 0.108 e. The Labute approximate surface area is 161 Å². The lowest BCUT2D eigenvalue weighted by Gasteiger charge is -2.32. The van der Waals surface area contributed by atoms with Crippen LogP contribution < -0.4 is 0 Å². The van der Waals surface area contributed by atoms with Crippen molar-refractivity contribution in [2.24, 2.45) is 11.8 Å². The molecule has 152 valence electrons. The van der Waals surface area contributed by atoms with Crippen LogP contribution in [0.5, 0.6) is 0 Å². The van der Waals surface area contributed by atoms with E-state index in [-0.39, 0.29) is 6.10 Å². The number of hydrogen-bond acceptors (Lipinski definition) is 3. The van der Waals surface area contributed by atoms with Gasteiger partial charge in [0.1, 0.15) is 5.82 Å². The number of nitrogens with one attached hydrogen (secondary N) is 1. The number of imidazole rings is 1. The largest absolute Gasteiger partial charge is 0.391 e. The molecule has 0 aliphatic rings. The third-order valence-electron chi connectivity index (χ3n) is 5.57. The van der Waals surface area contributed by atoms with Gasteiger partial charge in [0.25, 0.3) is 0 Å². The first-order valence-corrected chi connectivity index (χ1v) is 11.0. The van der Waals surface area contributed by atoms with Crippen molar-refractivity contribution in [3.8, 4) is 0 Å². The maximum absolute atomic E-state index is 10.6. The van der Waals surface area contributed by atoms with E-state index in [4.69, 9.17) is 0 Å². The van der Waals surface area contributed by atoms with Crippen molar-refractivity contribution in [1.29, 1.82) is 0 Å². The molecule has 1 heterocycles. The first kappa shape index (κ1) is 23.2. The van der Waals surface area contributed by atoms with Crippen molar-refractivity contribution in [2.45, 2.75) is 91.6 Å². The molecule has 4 heteroatoms. The molecule has 0 saturated carbocycles. The van der Waals surface area contributed by atoms with Crippen LogP contribution in [0.1, 0.15) is 84.9 Å². The number of H-pyrrole nitrogens is 1. The third-order valence-corrected chi connectivity index (χ3v) is 5.57. The molecule has 4 nitrogen and oxygen atoms in total. The van der Waals surface area contributed by atoms with Gasteiger partial charge in [-0.15, -0.1) is 0 Å². The minimum atomic E-state index is -0.353. The Morgan fingerprint density at radius 1 is 0.962 bits per heavy atom. The van der Waals surface area contributed by atoms with Gasteiger partial charge < -0.3 is 15.0 Å². The zero-order valence-corrected chi connectivity index (χ0v) is 17.7. The minimum absolute atomic E-state index is 0.353. The average molecular weight is 366 g/mol. The number of aliphatic hydroxyl groups excluding tert-OH is 1. The van der Waals surface area contributed by atoms with E-state index in [0.717, 1.165) is 37.3 Å². The fourth-order valence-corrected chi connectivity index (χ4v) is 3.78. The molecule has 1 aromatic heterocycles. The summed E-state index contributed by atoms with van der Waals surface area (Å²) in [6, 6.07) is 0. The lowest BCUT2D eigenvalue weighted by Crippen LogP contribution is -2.40. The first-order valence-electron chi connectivity index (χ1n) is 11.0. The number of aliphatic hydroxyl groups is 1. The van der Waals surface area contributed by atoms with Crippen molar-refractivity contribution in [3.63, 3.8) is 0 Å². The van der Waals surface area contributed by atoms with Gasteiger partial charge in [0, 0.05) is 38.4 Å². The average Bonchev–Trinajstić information content (AvgIpc) is 3.14. The van der Waals surface area contributed by atoms with Crippen LogP contribution in [-0.2, 0) is 6.42 Å². The Hall–Kier alpha value is -0.870. The van der Waals surface area contributed by atoms with Crippen LogP contribution in [-0.4, -0.2) is 45.7 Å². The van der Waals surface area contributed by atoms with Crippen molar-refractivity contribution >= 4 is 0 Å². The predicted octanol–water partition coefficient (Wildman–Crippen LogP) is 5.05. The number of nitrogens with zero attached hydrogens (tertiary/aromatic N) is 2. The zero-order chi connectivity index (χ0) is 19.2. The Morgan fingerprint density at radius 3 is 1.96 bits per heavy atom. The quantitative estimate of drug-likeness (QED) is 0.431. The second kappa shape index (κ2) is 14.2. The topological polar surface area (TPSA) is 52.1 Å². The molecule has 1 rings (SSSR count). The maximum Gasteiger partial charge on any atom is 0.108 e. The lowest BCUT2D eigenvalue weighted by atomic mass is 9.95. The SMILES string of the molecule is CCCCC(CC)CN(CC(O)Cc1ncc[nH]1)CC(CC)CCCC. The van der Waals surface area contributed by atoms with Gasteiger partial charge in [-0.25, -0.2) is 4.98 Å². The van der Waals surface area contributed by atoms with Crippen molar-refractivity contribution in [2.75, 3.05) is 19.6 Å². The molecule has 0 aromatic carbocycles. The summed E-state index contributed by atoms with van der Waals surface area (Å²) < 4.78 is 0. The van der Waals surface area contributed by atoms with Gasteiger partial charge in [0.15, 0.2) is 0 Å². The molecule has 0 aliphatic carbocycles. The lowest BCUT2D eigenvalue weighted by molar-refractivity contribution is 0.0869. The second-order valence-electron chi connectivity index (χ2n) is 7.95. The van der Waals surface area contributed by atoms with Crippen LogP contribution in [0.15, 0.2) is 12.4 Å². The second-order valence-corrected chi connectivity index (χ2v) is 7.95.